The molecule has 84 valence electrons. The van der Waals surface area contributed by atoms with Crippen LogP contribution >= 0.6 is 0 Å². The molecule has 16 heavy (non-hydrogen) atoms. The third-order valence-electron chi connectivity index (χ3n) is 2.99. The van der Waals surface area contributed by atoms with E-state index < -0.39 is 0 Å². The first kappa shape index (κ1) is 10.9. The zero-order chi connectivity index (χ0) is 11.7. The Morgan fingerprint density at radius 3 is 2.62 bits per heavy atom. The molecule has 0 radical (unpaired) electrons. The van der Waals surface area contributed by atoms with Gasteiger partial charge in [-0.05, 0) is 35.4 Å². The average Bonchev–Trinajstić information content (AvgIpc) is 2.27. The van der Waals surface area contributed by atoms with Crippen LogP contribution in [0.4, 0.5) is 0 Å². The molecule has 1 aromatic heterocycles. The number of benzene rings is 1. The van der Waals surface area contributed by atoms with Gasteiger partial charge in [0, 0.05) is 11.1 Å². The first-order chi connectivity index (χ1) is 7.61. The summed E-state index contributed by atoms with van der Waals surface area (Å²) in [6.45, 7) is 6.30. The maximum absolute atomic E-state index is 11.7. The van der Waals surface area contributed by atoms with E-state index in [1.54, 1.807) is 0 Å². The Hall–Kier alpha value is -1.57. The summed E-state index contributed by atoms with van der Waals surface area (Å²) in [4.78, 5) is 14.6. The number of pyridine rings is 1. The van der Waals surface area contributed by atoms with E-state index in [-0.39, 0.29) is 5.56 Å². The molecule has 2 nitrogen and oxygen atoms in total. The number of rotatable bonds is 2. The van der Waals surface area contributed by atoms with Gasteiger partial charge in [-0.3, -0.25) is 4.79 Å². The quantitative estimate of drug-likeness (QED) is 0.819. The van der Waals surface area contributed by atoms with Gasteiger partial charge in [0.15, 0.2) is 0 Å². The zero-order valence-corrected chi connectivity index (χ0v) is 10.0. The highest BCUT2D eigenvalue weighted by Crippen LogP contribution is 2.19. The van der Waals surface area contributed by atoms with Gasteiger partial charge in [0.25, 0.3) is 5.56 Å². The summed E-state index contributed by atoms with van der Waals surface area (Å²) in [6.07, 6.45) is 0.775. The molecule has 0 aliphatic heterocycles. The van der Waals surface area contributed by atoms with Gasteiger partial charge in [-0.2, -0.15) is 0 Å². The average molecular weight is 215 g/mol. The second kappa shape index (κ2) is 4.12. The normalized spacial score (nSPS) is 11.2. The van der Waals surface area contributed by atoms with Gasteiger partial charge >= 0.3 is 0 Å². The number of H-pyrrole nitrogens is 1. The topological polar surface area (TPSA) is 32.9 Å². The van der Waals surface area contributed by atoms with Crippen molar-refractivity contribution in [1.82, 2.24) is 4.98 Å². The maximum atomic E-state index is 11.7. The summed E-state index contributed by atoms with van der Waals surface area (Å²) in [5.74, 6) is 0.485. The highest BCUT2D eigenvalue weighted by molar-refractivity contribution is 5.79. The molecule has 2 aromatic rings. The smallest absolute Gasteiger partial charge is 0.251 e. The Morgan fingerprint density at radius 1 is 1.25 bits per heavy atom. The van der Waals surface area contributed by atoms with Crippen LogP contribution in [-0.2, 0) is 6.42 Å². The molecular formula is C14H17NO. The molecule has 1 heterocycles. The summed E-state index contributed by atoms with van der Waals surface area (Å²) < 4.78 is 0. The molecular weight excluding hydrogens is 198 g/mol. The van der Waals surface area contributed by atoms with Crippen LogP contribution < -0.4 is 5.56 Å². The van der Waals surface area contributed by atoms with Gasteiger partial charge in [-0.15, -0.1) is 0 Å². The molecule has 2 rings (SSSR count). The van der Waals surface area contributed by atoms with E-state index in [1.165, 1.54) is 5.56 Å². The van der Waals surface area contributed by atoms with Crippen LogP contribution in [0.5, 0.6) is 0 Å². The minimum atomic E-state index is 0.0379. The van der Waals surface area contributed by atoms with Crippen molar-refractivity contribution in [2.45, 2.75) is 33.1 Å². The Labute approximate surface area is 95.3 Å². The first-order valence-electron chi connectivity index (χ1n) is 5.77. The molecule has 1 aromatic carbocycles. The highest BCUT2D eigenvalue weighted by Gasteiger charge is 2.03. The molecule has 0 spiro atoms. The molecule has 0 atom stereocenters. The van der Waals surface area contributed by atoms with Crippen LogP contribution in [0, 0.1) is 0 Å². The molecule has 0 fully saturated rings. The van der Waals surface area contributed by atoms with E-state index >= 15 is 0 Å². The molecule has 0 bridgehead atoms. The minimum Gasteiger partial charge on any atom is -0.322 e. The lowest BCUT2D eigenvalue weighted by Gasteiger charge is -2.07. The van der Waals surface area contributed by atoms with Gasteiger partial charge < -0.3 is 4.98 Å². The SMILES string of the molecule is CCc1cc2ccc(C(C)C)cc2[nH]c1=O. The van der Waals surface area contributed by atoms with Crippen molar-refractivity contribution in [2.24, 2.45) is 0 Å². The summed E-state index contributed by atoms with van der Waals surface area (Å²) in [7, 11) is 0. The van der Waals surface area contributed by atoms with Crippen LogP contribution in [0.25, 0.3) is 10.9 Å². The predicted octanol–water partition coefficient (Wildman–Crippen LogP) is 3.21. The van der Waals surface area contributed by atoms with Gasteiger partial charge in [-0.25, -0.2) is 0 Å². The van der Waals surface area contributed by atoms with Crippen LogP contribution in [0.2, 0.25) is 0 Å². The van der Waals surface area contributed by atoms with Gasteiger partial charge in [0.2, 0.25) is 0 Å². The van der Waals surface area contributed by atoms with Crippen molar-refractivity contribution in [3.63, 3.8) is 0 Å². The summed E-state index contributed by atoms with van der Waals surface area (Å²) in [5.41, 5.74) is 3.08. The van der Waals surface area contributed by atoms with E-state index in [0.29, 0.717) is 5.92 Å². The Balaban J connectivity index is 2.67. The molecule has 0 saturated carbocycles. The third-order valence-corrected chi connectivity index (χ3v) is 2.99. The lowest BCUT2D eigenvalue weighted by Crippen LogP contribution is -2.11. The fraction of sp³-hybridized carbons (Fsp3) is 0.357. The Bertz CT molecular complexity index is 566. The monoisotopic (exact) mass is 215 g/mol. The molecule has 0 saturated heterocycles. The van der Waals surface area contributed by atoms with E-state index in [9.17, 15) is 4.79 Å². The fourth-order valence-electron chi connectivity index (χ4n) is 1.89. The number of nitrogens with one attached hydrogen (secondary N) is 1. The number of aromatic nitrogens is 1. The summed E-state index contributed by atoms with van der Waals surface area (Å²) in [5, 5.41) is 1.11. The maximum Gasteiger partial charge on any atom is 0.251 e. The lowest BCUT2D eigenvalue weighted by atomic mass is 10.0. The van der Waals surface area contributed by atoms with E-state index in [2.05, 4.69) is 37.0 Å². The van der Waals surface area contributed by atoms with Crippen molar-refractivity contribution in [3.05, 3.63) is 45.7 Å². The van der Waals surface area contributed by atoms with E-state index in [1.807, 2.05) is 13.0 Å². The minimum absolute atomic E-state index is 0.0379. The number of aryl methyl sites for hydroxylation is 1. The van der Waals surface area contributed by atoms with Crippen LogP contribution in [0.1, 0.15) is 37.8 Å². The predicted molar refractivity (Wildman–Crippen MR) is 68.0 cm³/mol. The Morgan fingerprint density at radius 2 is 2.00 bits per heavy atom. The fourth-order valence-corrected chi connectivity index (χ4v) is 1.89. The lowest BCUT2D eigenvalue weighted by molar-refractivity contribution is 0.868. The highest BCUT2D eigenvalue weighted by atomic mass is 16.1. The molecule has 0 amide bonds. The van der Waals surface area contributed by atoms with Gasteiger partial charge in [0.05, 0.1) is 0 Å². The van der Waals surface area contributed by atoms with Crippen molar-refractivity contribution >= 4 is 10.9 Å². The molecule has 0 aliphatic rings. The number of hydrogen-bond acceptors (Lipinski definition) is 1. The molecule has 0 aliphatic carbocycles. The van der Waals surface area contributed by atoms with Crippen LogP contribution in [0.15, 0.2) is 29.1 Å². The second-order valence-corrected chi connectivity index (χ2v) is 4.48. The first-order valence-corrected chi connectivity index (χ1v) is 5.77. The van der Waals surface area contributed by atoms with Crippen molar-refractivity contribution < 1.29 is 0 Å². The molecule has 2 heteroatoms. The van der Waals surface area contributed by atoms with Crippen LogP contribution in [0.3, 0.4) is 0 Å². The Kier molecular flexibility index (Phi) is 2.82. The summed E-state index contributed by atoms with van der Waals surface area (Å²) >= 11 is 0. The largest absolute Gasteiger partial charge is 0.322 e. The van der Waals surface area contributed by atoms with Crippen molar-refractivity contribution in [1.29, 1.82) is 0 Å². The van der Waals surface area contributed by atoms with E-state index in [0.717, 1.165) is 22.9 Å². The molecule has 1 N–H and O–H groups in total. The zero-order valence-electron chi connectivity index (χ0n) is 10.0. The third kappa shape index (κ3) is 1.87. The standard InChI is InChI=1S/C14H17NO/c1-4-10-7-12-6-5-11(9(2)3)8-13(12)15-14(10)16/h5-9H,4H2,1-3H3,(H,15,16). The van der Waals surface area contributed by atoms with Gasteiger partial charge in [-0.1, -0.05) is 32.9 Å². The summed E-state index contributed by atoms with van der Waals surface area (Å²) in [6, 6.07) is 8.27. The second-order valence-electron chi connectivity index (χ2n) is 4.48. The van der Waals surface area contributed by atoms with Crippen molar-refractivity contribution in [2.75, 3.05) is 0 Å². The number of hydrogen-bond donors (Lipinski definition) is 1. The molecule has 0 unspecified atom stereocenters. The van der Waals surface area contributed by atoms with E-state index in [4.69, 9.17) is 0 Å². The van der Waals surface area contributed by atoms with Crippen molar-refractivity contribution in [3.8, 4) is 0 Å². The van der Waals surface area contributed by atoms with Crippen LogP contribution in [-0.4, -0.2) is 4.98 Å². The van der Waals surface area contributed by atoms with Gasteiger partial charge in [0.1, 0.15) is 0 Å². The number of aromatic amines is 1. The number of fused-ring (bicyclic) bond motifs is 1.